The van der Waals surface area contributed by atoms with E-state index in [1.807, 2.05) is 36.4 Å². The highest BCUT2D eigenvalue weighted by Gasteiger charge is 2.21. The molecule has 0 unspecified atom stereocenters. The summed E-state index contributed by atoms with van der Waals surface area (Å²) in [6.45, 7) is 6.91. The van der Waals surface area contributed by atoms with Crippen molar-refractivity contribution >= 4 is 28.9 Å². The Labute approximate surface area is 154 Å². The molecule has 26 heavy (non-hydrogen) atoms. The van der Waals surface area contributed by atoms with Gasteiger partial charge in [0.2, 0.25) is 5.91 Å². The number of hydrogen-bond donors (Lipinski definition) is 1. The molecule has 1 fully saturated rings. The zero-order valence-corrected chi connectivity index (χ0v) is 15.4. The molecule has 3 rings (SSSR count). The van der Waals surface area contributed by atoms with Gasteiger partial charge in [0.05, 0.1) is 0 Å². The Bertz CT molecular complexity index is 765. The van der Waals surface area contributed by atoms with Crippen molar-refractivity contribution in [1.82, 2.24) is 0 Å². The molecule has 0 radical (unpaired) electrons. The monoisotopic (exact) mass is 351 g/mol. The van der Waals surface area contributed by atoms with E-state index in [0.29, 0.717) is 12.0 Å². The molecule has 5 nitrogen and oxygen atoms in total. The fourth-order valence-electron chi connectivity index (χ4n) is 3.26. The summed E-state index contributed by atoms with van der Waals surface area (Å²) in [5.74, 6) is -0.00428. The third-order valence-electron chi connectivity index (χ3n) is 4.77. The molecule has 1 saturated heterocycles. The fourth-order valence-corrected chi connectivity index (χ4v) is 3.26. The lowest BCUT2D eigenvalue weighted by molar-refractivity contribution is -0.117. The minimum absolute atomic E-state index is 0.149. The molecule has 2 aromatic carbocycles. The molecule has 1 heterocycles. The van der Waals surface area contributed by atoms with E-state index in [2.05, 4.69) is 24.1 Å². The Hall–Kier alpha value is -2.82. The maximum absolute atomic E-state index is 12.4. The van der Waals surface area contributed by atoms with Crippen LogP contribution in [0.1, 0.15) is 37.0 Å². The van der Waals surface area contributed by atoms with E-state index in [9.17, 15) is 9.59 Å². The zero-order valence-electron chi connectivity index (χ0n) is 15.4. The SMILES string of the molecule is CCN(CC)c1ccc(NC(=O)c2ccc(N3CCCC3=O)cc2)cc1. The first-order valence-corrected chi connectivity index (χ1v) is 9.19. The molecule has 1 N–H and O–H groups in total. The normalized spacial score (nSPS) is 13.8. The smallest absolute Gasteiger partial charge is 0.255 e. The number of nitrogens with one attached hydrogen (secondary N) is 1. The number of rotatable bonds is 6. The van der Waals surface area contributed by atoms with Gasteiger partial charge < -0.3 is 15.1 Å². The van der Waals surface area contributed by atoms with Gasteiger partial charge in [-0.25, -0.2) is 0 Å². The van der Waals surface area contributed by atoms with E-state index in [-0.39, 0.29) is 11.8 Å². The molecule has 1 aliphatic rings. The largest absolute Gasteiger partial charge is 0.372 e. The van der Waals surface area contributed by atoms with Gasteiger partial charge in [-0.2, -0.15) is 0 Å². The highest BCUT2D eigenvalue weighted by atomic mass is 16.2. The van der Waals surface area contributed by atoms with Gasteiger partial charge in [0.15, 0.2) is 0 Å². The van der Waals surface area contributed by atoms with Crippen molar-refractivity contribution in [1.29, 1.82) is 0 Å². The minimum atomic E-state index is -0.153. The molecule has 2 amide bonds. The van der Waals surface area contributed by atoms with E-state index >= 15 is 0 Å². The van der Waals surface area contributed by atoms with Gasteiger partial charge in [-0.3, -0.25) is 9.59 Å². The van der Waals surface area contributed by atoms with Crippen LogP contribution < -0.4 is 15.1 Å². The van der Waals surface area contributed by atoms with Crippen LogP contribution in [-0.2, 0) is 4.79 Å². The number of anilines is 3. The van der Waals surface area contributed by atoms with E-state index in [0.717, 1.165) is 43.1 Å². The minimum Gasteiger partial charge on any atom is -0.372 e. The van der Waals surface area contributed by atoms with E-state index < -0.39 is 0 Å². The summed E-state index contributed by atoms with van der Waals surface area (Å²) in [5, 5.41) is 2.92. The van der Waals surface area contributed by atoms with Crippen molar-refractivity contribution in [3.05, 3.63) is 54.1 Å². The predicted molar refractivity (Wildman–Crippen MR) is 106 cm³/mol. The molecule has 1 aliphatic heterocycles. The second-order valence-electron chi connectivity index (χ2n) is 6.37. The summed E-state index contributed by atoms with van der Waals surface area (Å²) < 4.78 is 0. The van der Waals surface area contributed by atoms with Gasteiger partial charge >= 0.3 is 0 Å². The number of carbonyl (C=O) groups is 2. The van der Waals surface area contributed by atoms with Crippen LogP contribution in [0, 0.1) is 0 Å². The Morgan fingerprint density at radius 3 is 2.23 bits per heavy atom. The standard InChI is InChI=1S/C21H25N3O2/c1-3-23(4-2)18-13-9-17(10-14-18)22-21(26)16-7-11-19(12-8-16)24-15-5-6-20(24)25/h7-14H,3-6,15H2,1-2H3,(H,22,26). The third-order valence-corrected chi connectivity index (χ3v) is 4.77. The summed E-state index contributed by atoms with van der Waals surface area (Å²) in [4.78, 5) is 28.3. The number of benzene rings is 2. The summed E-state index contributed by atoms with van der Waals surface area (Å²) in [6, 6.07) is 15.1. The first-order chi connectivity index (χ1) is 12.6. The molecule has 0 aromatic heterocycles. The molecule has 0 aliphatic carbocycles. The van der Waals surface area contributed by atoms with Crippen molar-refractivity contribution in [3.8, 4) is 0 Å². The highest BCUT2D eigenvalue weighted by molar-refractivity contribution is 6.05. The number of carbonyl (C=O) groups excluding carboxylic acids is 2. The summed E-state index contributed by atoms with van der Waals surface area (Å²) >= 11 is 0. The zero-order chi connectivity index (χ0) is 18.5. The van der Waals surface area contributed by atoms with Crippen LogP contribution in [0.3, 0.4) is 0 Å². The van der Waals surface area contributed by atoms with Gasteiger partial charge in [0.25, 0.3) is 5.91 Å². The highest BCUT2D eigenvalue weighted by Crippen LogP contribution is 2.22. The van der Waals surface area contributed by atoms with E-state index in [1.165, 1.54) is 0 Å². The average molecular weight is 351 g/mol. The van der Waals surface area contributed by atoms with Crippen molar-refractivity contribution in [2.24, 2.45) is 0 Å². The Morgan fingerprint density at radius 2 is 1.69 bits per heavy atom. The molecule has 0 atom stereocenters. The maximum atomic E-state index is 12.4. The molecular formula is C21H25N3O2. The van der Waals surface area contributed by atoms with Crippen LogP contribution in [0.2, 0.25) is 0 Å². The molecule has 2 aromatic rings. The Balaban J connectivity index is 1.65. The predicted octanol–water partition coefficient (Wildman–Crippen LogP) is 3.91. The second kappa shape index (κ2) is 8.04. The quantitative estimate of drug-likeness (QED) is 0.858. The van der Waals surface area contributed by atoms with Crippen LogP contribution in [0.5, 0.6) is 0 Å². The molecular weight excluding hydrogens is 326 g/mol. The van der Waals surface area contributed by atoms with Crippen LogP contribution in [0.4, 0.5) is 17.1 Å². The topological polar surface area (TPSA) is 52.7 Å². The first-order valence-electron chi connectivity index (χ1n) is 9.19. The van der Waals surface area contributed by atoms with Gasteiger partial charge in [0.1, 0.15) is 0 Å². The third kappa shape index (κ3) is 3.87. The summed E-state index contributed by atoms with van der Waals surface area (Å²) in [5.41, 5.74) is 3.35. The van der Waals surface area contributed by atoms with Crippen LogP contribution in [-0.4, -0.2) is 31.4 Å². The fraction of sp³-hybridized carbons (Fsp3) is 0.333. The summed E-state index contributed by atoms with van der Waals surface area (Å²) in [6.07, 6.45) is 1.50. The molecule has 0 spiro atoms. The molecule has 0 bridgehead atoms. The number of hydrogen-bond acceptors (Lipinski definition) is 3. The van der Waals surface area contributed by atoms with E-state index in [1.54, 1.807) is 17.0 Å². The Morgan fingerprint density at radius 1 is 1.04 bits per heavy atom. The van der Waals surface area contributed by atoms with Crippen molar-refractivity contribution in [3.63, 3.8) is 0 Å². The van der Waals surface area contributed by atoms with Crippen LogP contribution in [0.15, 0.2) is 48.5 Å². The lowest BCUT2D eigenvalue weighted by Crippen LogP contribution is -2.23. The van der Waals surface area contributed by atoms with Crippen molar-refractivity contribution in [2.45, 2.75) is 26.7 Å². The second-order valence-corrected chi connectivity index (χ2v) is 6.37. The van der Waals surface area contributed by atoms with Crippen LogP contribution in [0.25, 0.3) is 0 Å². The number of nitrogens with zero attached hydrogens (tertiary/aromatic N) is 2. The maximum Gasteiger partial charge on any atom is 0.255 e. The van der Waals surface area contributed by atoms with Crippen molar-refractivity contribution < 1.29 is 9.59 Å². The lowest BCUT2D eigenvalue weighted by atomic mass is 10.1. The van der Waals surface area contributed by atoms with Gasteiger partial charge in [-0.1, -0.05) is 0 Å². The summed E-state index contributed by atoms with van der Waals surface area (Å²) in [7, 11) is 0. The molecule has 136 valence electrons. The van der Waals surface area contributed by atoms with Crippen molar-refractivity contribution in [2.75, 3.05) is 34.8 Å². The van der Waals surface area contributed by atoms with Gasteiger partial charge in [-0.15, -0.1) is 0 Å². The Kier molecular flexibility index (Phi) is 5.56. The lowest BCUT2D eigenvalue weighted by Gasteiger charge is -2.21. The van der Waals surface area contributed by atoms with Gasteiger partial charge in [-0.05, 0) is 68.8 Å². The molecule has 5 heteroatoms. The van der Waals surface area contributed by atoms with Crippen LogP contribution >= 0.6 is 0 Å². The average Bonchev–Trinajstić information content (AvgIpc) is 3.10. The van der Waals surface area contributed by atoms with Gasteiger partial charge in [0, 0.05) is 48.7 Å². The number of amides is 2. The van der Waals surface area contributed by atoms with E-state index in [4.69, 9.17) is 0 Å². The molecule has 0 saturated carbocycles. The first kappa shape index (κ1) is 18.0.